The Hall–Kier alpha value is -1.76. The minimum absolute atomic E-state index is 0.00240. The highest BCUT2D eigenvalue weighted by atomic mass is 19.4. The molecular weight excluding hydrogens is 309 g/mol. The third-order valence-corrected chi connectivity index (χ3v) is 3.92. The molecule has 1 heterocycles. The van der Waals surface area contributed by atoms with Crippen molar-refractivity contribution in [2.24, 2.45) is 5.73 Å². The quantitative estimate of drug-likeness (QED) is 0.923. The number of piperidine rings is 1. The lowest BCUT2D eigenvalue weighted by Crippen LogP contribution is -2.51. The van der Waals surface area contributed by atoms with Crippen molar-refractivity contribution in [3.05, 3.63) is 29.8 Å². The Balaban J connectivity index is 2.04. The molecule has 0 aromatic heterocycles. The number of benzene rings is 1. The largest absolute Gasteiger partial charge is 0.484 e. The van der Waals surface area contributed by atoms with Crippen LogP contribution < -0.4 is 10.5 Å². The lowest BCUT2D eigenvalue weighted by molar-refractivity contribution is -0.153. The second kappa shape index (κ2) is 7.21. The van der Waals surface area contributed by atoms with E-state index in [1.165, 1.54) is 24.3 Å². The fraction of sp³-hybridized carbons (Fsp3) is 0.562. The van der Waals surface area contributed by atoms with E-state index in [0.29, 0.717) is 12.1 Å². The summed E-state index contributed by atoms with van der Waals surface area (Å²) in [5.41, 5.74) is 6.39. The molecule has 0 radical (unpaired) electrons. The fourth-order valence-corrected chi connectivity index (χ4v) is 2.78. The predicted octanol–water partition coefficient (Wildman–Crippen LogP) is 2.97. The number of alkyl halides is 3. The van der Waals surface area contributed by atoms with Crippen molar-refractivity contribution in [3.8, 4) is 5.75 Å². The molecule has 2 atom stereocenters. The van der Waals surface area contributed by atoms with Crippen molar-refractivity contribution >= 4 is 5.91 Å². The van der Waals surface area contributed by atoms with E-state index < -0.39 is 12.8 Å². The molecule has 0 saturated carbocycles. The maximum Gasteiger partial charge on any atom is 0.422 e. The molecule has 4 nitrogen and oxygen atoms in total. The zero-order valence-electron chi connectivity index (χ0n) is 13.0. The van der Waals surface area contributed by atoms with Crippen molar-refractivity contribution in [2.45, 2.75) is 44.4 Å². The van der Waals surface area contributed by atoms with Gasteiger partial charge >= 0.3 is 6.18 Å². The second-order valence-electron chi connectivity index (χ2n) is 5.85. The molecule has 1 fully saturated rings. The summed E-state index contributed by atoms with van der Waals surface area (Å²) < 4.78 is 41.0. The number of halogens is 3. The molecule has 0 aliphatic carbocycles. The maximum atomic E-state index is 12.6. The number of hydrogen-bond donors (Lipinski definition) is 1. The Bertz CT molecular complexity index is 529. The van der Waals surface area contributed by atoms with E-state index in [-0.39, 0.29) is 23.7 Å². The summed E-state index contributed by atoms with van der Waals surface area (Å²) in [5.74, 6) is -0.0596. The van der Waals surface area contributed by atoms with Gasteiger partial charge in [-0.05, 0) is 50.5 Å². The standard InChI is InChI=1S/C16H21F3N2O2/c1-11(20)14-4-2-3-9-21(14)15(22)12-5-7-13(8-6-12)23-10-16(17,18)19/h5-8,11,14H,2-4,9-10,20H2,1H3/t11-,14-/m0/s1. The van der Waals surface area contributed by atoms with Crippen LogP contribution in [0.3, 0.4) is 0 Å². The van der Waals surface area contributed by atoms with Crippen molar-refractivity contribution in [1.82, 2.24) is 4.90 Å². The van der Waals surface area contributed by atoms with E-state index in [0.717, 1.165) is 19.3 Å². The molecule has 1 saturated heterocycles. The normalized spacial score (nSPS) is 20.2. The summed E-state index contributed by atoms with van der Waals surface area (Å²) in [6.07, 6.45) is -1.54. The van der Waals surface area contributed by atoms with Crippen molar-refractivity contribution in [2.75, 3.05) is 13.2 Å². The summed E-state index contributed by atoms with van der Waals surface area (Å²) in [6, 6.07) is 5.61. The van der Waals surface area contributed by atoms with Gasteiger partial charge in [-0.25, -0.2) is 0 Å². The topological polar surface area (TPSA) is 55.6 Å². The van der Waals surface area contributed by atoms with Crippen LogP contribution in [0.4, 0.5) is 13.2 Å². The zero-order valence-corrected chi connectivity index (χ0v) is 13.0. The molecule has 2 N–H and O–H groups in total. The lowest BCUT2D eigenvalue weighted by Gasteiger charge is -2.38. The second-order valence-corrected chi connectivity index (χ2v) is 5.85. The first-order valence-electron chi connectivity index (χ1n) is 7.64. The third kappa shape index (κ3) is 4.86. The third-order valence-electron chi connectivity index (χ3n) is 3.92. The maximum absolute atomic E-state index is 12.6. The van der Waals surface area contributed by atoms with Gasteiger partial charge in [0.1, 0.15) is 5.75 Å². The van der Waals surface area contributed by atoms with Crippen LogP contribution in [0.5, 0.6) is 5.75 Å². The molecule has 23 heavy (non-hydrogen) atoms. The van der Waals surface area contributed by atoms with Crippen LogP contribution in [0.2, 0.25) is 0 Å². The molecule has 1 aliphatic heterocycles. The zero-order chi connectivity index (χ0) is 17.0. The van der Waals surface area contributed by atoms with E-state index in [4.69, 9.17) is 5.73 Å². The number of carbonyl (C=O) groups is 1. The first-order valence-corrected chi connectivity index (χ1v) is 7.64. The molecule has 0 unspecified atom stereocenters. The Morgan fingerprint density at radius 3 is 2.57 bits per heavy atom. The van der Waals surface area contributed by atoms with E-state index in [1.807, 2.05) is 6.92 Å². The number of hydrogen-bond acceptors (Lipinski definition) is 3. The first kappa shape index (κ1) is 17.6. The molecule has 0 spiro atoms. The Kier molecular flexibility index (Phi) is 5.51. The first-order chi connectivity index (χ1) is 10.8. The van der Waals surface area contributed by atoms with E-state index in [9.17, 15) is 18.0 Å². The molecule has 128 valence electrons. The van der Waals surface area contributed by atoms with Gasteiger partial charge in [0.25, 0.3) is 5.91 Å². The Morgan fingerprint density at radius 2 is 2.00 bits per heavy atom. The van der Waals surface area contributed by atoms with Gasteiger partial charge in [-0.15, -0.1) is 0 Å². The number of nitrogens with two attached hydrogens (primary N) is 1. The summed E-state index contributed by atoms with van der Waals surface area (Å²) in [6.45, 7) is 1.18. The fourth-order valence-electron chi connectivity index (χ4n) is 2.78. The molecule has 1 aromatic carbocycles. The average molecular weight is 330 g/mol. The summed E-state index contributed by atoms with van der Waals surface area (Å²) in [5, 5.41) is 0. The van der Waals surface area contributed by atoms with Crippen LogP contribution in [-0.2, 0) is 0 Å². The van der Waals surface area contributed by atoms with Gasteiger partial charge in [-0.3, -0.25) is 4.79 Å². The monoisotopic (exact) mass is 330 g/mol. The molecule has 0 bridgehead atoms. The molecule has 1 amide bonds. The van der Waals surface area contributed by atoms with E-state index >= 15 is 0 Å². The highest BCUT2D eigenvalue weighted by molar-refractivity contribution is 5.94. The minimum Gasteiger partial charge on any atom is -0.484 e. The van der Waals surface area contributed by atoms with Gasteiger partial charge in [0.05, 0.1) is 0 Å². The van der Waals surface area contributed by atoms with Gasteiger partial charge in [-0.1, -0.05) is 0 Å². The summed E-state index contributed by atoms with van der Waals surface area (Å²) in [4.78, 5) is 14.4. The smallest absolute Gasteiger partial charge is 0.422 e. The van der Waals surface area contributed by atoms with Crippen molar-refractivity contribution in [1.29, 1.82) is 0 Å². The number of amides is 1. The van der Waals surface area contributed by atoms with Gasteiger partial charge in [0, 0.05) is 24.2 Å². The summed E-state index contributed by atoms with van der Waals surface area (Å²) >= 11 is 0. The molecule has 7 heteroatoms. The van der Waals surface area contributed by atoms with Gasteiger partial charge in [0.15, 0.2) is 6.61 Å². The highest BCUT2D eigenvalue weighted by Gasteiger charge is 2.30. The van der Waals surface area contributed by atoms with Gasteiger partial charge in [-0.2, -0.15) is 13.2 Å². The van der Waals surface area contributed by atoms with Crippen LogP contribution in [0.25, 0.3) is 0 Å². The molecule has 2 rings (SSSR count). The van der Waals surface area contributed by atoms with Crippen LogP contribution >= 0.6 is 0 Å². The SMILES string of the molecule is C[C@H](N)[C@@H]1CCCCN1C(=O)c1ccc(OCC(F)(F)F)cc1. The molecule has 1 aliphatic rings. The van der Waals surface area contributed by atoms with Gasteiger partial charge < -0.3 is 15.4 Å². The number of carbonyl (C=O) groups excluding carboxylic acids is 1. The lowest BCUT2D eigenvalue weighted by atomic mass is 9.96. The van der Waals surface area contributed by atoms with Gasteiger partial charge in [0.2, 0.25) is 0 Å². The molecular formula is C16H21F3N2O2. The van der Waals surface area contributed by atoms with Crippen molar-refractivity contribution in [3.63, 3.8) is 0 Å². The number of rotatable bonds is 4. The van der Waals surface area contributed by atoms with Crippen LogP contribution in [0.1, 0.15) is 36.5 Å². The summed E-state index contributed by atoms with van der Waals surface area (Å²) in [7, 11) is 0. The Labute approximate surface area is 133 Å². The minimum atomic E-state index is -4.38. The predicted molar refractivity (Wildman–Crippen MR) is 80.3 cm³/mol. The van der Waals surface area contributed by atoms with Crippen LogP contribution in [-0.4, -0.2) is 42.2 Å². The number of likely N-dealkylation sites (tertiary alicyclic amines) is 1. The van der Waals surface area contributed by atoms with Crippen LogP contribution in [0, 0.1) is 0 Å². The van der Waals surface area contributed by atoms with Crippen molar-refractivity contribution < 1.29 is 22.7 Å². The van der Waals surface area contributed by atoms with E-state index in [1.54, 1.807) is 4.90 Å². The average Bonchev–Trinajstić information content (AvgIpc) is 2.52. The van der Waals surface area contributed by atoms with E-state index in [2.05, 4.69) is 4.74 Å². The van der Waals surface area contributed by atoms with Crippen LogP contribution in [0.15, 0.2) is 24.3 Å². The number of ether oxygens (including phenoxy) is 1. The number of nitrogens with zero attached hydrogens (tertiary/aromatic N) is 1. The molecule has 1 aromatic rings. The Morgan fingerprint density at radius 1 is 1.35 bits per heavy atom. The highest BCUT2D eigenvalue weighted by Crippen LogP contribution is 2.23.